The maximum Gasteiger partial charge on any atom is 0.194 e. The molecule has 1 saturated heterocycles. The van der Waals surface area contributed by atoms with Gasteiger partial charge in [0.15, 0.2) is 5.96 Å². The predicted molar refractivity (Wildman–Crippen MR) is 123 cm³/mol. The van der Waals surface area contributed by atoms with Crippen LogP contribution in [0.4, 0.5) is 0 Å². The second-order valence-electron chi connectivity index (χ2n) is 8.07. The normalized spacial score (nSPS) is 17.3. The third-order valence-electron chi connectivity index (χ3n) is 5.15. The van der Waals surface area contributed by atoms with Crippen LogP contribution in [0, 0.1) is 0 Å². The second kappa shape index (κ2) is 11.7. The fourth-order valence-corrected chi connectivity index (χ4v) is 3.50. The fourth-order valence-electron chi connectivity index (χ4n) is 3.50. The molecule has 1 aliphatic heterocycles. The molecule has 1 aromatic heterocycles. The molecule has 1 aliphatic rings. The maximum atomic E-state index is 5.97. The van der Waals surface area contributed by atoms with Gasteiger partial charge in [-0.05, 0) is 45.1 Å². The van der Waals surface area contributed by atoms with Crippen LogP contribution in [0.5, 0.6) is 5.75 Å². The number of morpholine rings is 1. The molecule has 1 unspecified atom stereocenters. The minimum absolute atomic E-state index is 0.00948. The van der Waals surface area contributed by atoms with E-state index in [9.17, 15) is 0 Å². The highest BCUT2D eigenvalue weighted by atomic mass is 16.5. The summed E-state index contributed by atoms with van der Waals surface area (Å²) in [5.74, 6) is 1.83. The van der Waals surface area contributed by atoms with E-state index in [1.54, 1.807) is 0 Å². The van der Waals surface area contributed by atoms with Crippen molar-refractivity contribution in [2.45, 2.75) is 26.0 Å². The second-order valence-corrected chi connectivity index (χ2v) is 8.07. The Balaban J connectivity index is 1.56. The van der Waals surface area contributed by atoms with Gasteiger partial charge in [0.2, 0.25) is 0 Å². The molecule has 2 aromatic rings. The zero-order valence-corrected chi connectivity index (χ0v) is 19.3. The molecular formula is C23H36N6O2. The van der Waals surface area contributed by atoms with Gasteiger partial charge in [-0.1, -0.05) is 12.1 Å². The number of rotatable bonds is 9. The topological polar surface area (TPSA) is 67.2 Å². The Kier molecular flexibility index (Phi) is 8.73. The van der Waals surface area contributed by atoms with Crippen molar-refractivity contribution >= 4 is 5.96 Å². The van der Waals surface area contributed by atoms with E-state index in [0.29, 0.717) is 13.2 Å². The summed E-state index contributed by atoms with van der Waals surface area (Å²) in [7, 11) is 6.08. The molecule has 1 fully saturated rings. The van der Waals surface area contributed by atoms with Crippen LogP contribution in [0.1, 0.15) is 30.6 Å². The van der Waals surface area contributed by atoms with E-state index in [0.717, 1.165) is 62.0 Å². The van der Waals surface area contributed by atoms with Crippen LogP contribution < -0.4 is 10.1 Å². The van der Waals surface area contributed by atoms with Crippen molar-refractivity contribution in [1.29, 1.82) is 0 Å². The number of hydrogen-bond donors (Lipinski definition) is 1. The van der Waals surface area contributed by atoms with Crippen LogP contribution in [0.2, 0.25) is 0 Å². The average Bonchev–Trinajstić information content (AvgIpc) is 3.21. The van der Waals surface area contributed by atoms with E-state index < -0.39 is 0 Å². The Morgan fingerprint density at radius 3 is 2.81 bits per heavy atom. The highest BCUT2D eigenvalue weighted by Gasteiger charge is 2.25. The van der Waals surface area contributed by atoms with E-state index in [4.69, 9.17) is 14.5 Å². The predicted octanol–water partition coefficient (Wildman–Crippen LogP) is 2.29. The Bertz CT molecular complexity index is 818. The van der Waals surface area contributed by atoms with Gasteiger partial charge in [0.05, 0.1) is 32.5 Å². The van der Waals surface area contributed by atoms with Crippen molar-refractivity contribution < 1.29 is 9.47 Å². The molecule has 1 atom stereocenters. The number of ether oxygens (including phenoxy) is 2. The van der Waals surface area contributed by atoms with Crippen molar-refractivity contribution in [1.82, 2.24) is 24.9 Å². The van der Waals surface area contributed by atoms with Crippen molar-refractivity contribution in [3.8, 4) is 5.75 Å². The molecule has 0 amide bonds. The van der Waals surface area contributed by atoms with Crippen molar-refractivity contribution in [2.24, 2.45) is 12.0 Å². The Labute approximate surface area is 185 Å². The van der Waals surface area contributed by atoms with Crippen LogP contribution in [-0.4, -0.2) is 79.0 Å². The van der Waals surface area contributed by atoms with Gasteiger partial charge in [-0.3, -0.25) is 4.68 Å². The van der Waals surface area contributed by atoms with E-state index in [1.165, 1.54) is 0 Å². The van der Waals surface area contributed by atoms with Crippen molar-refractivity contribution in [2.75, 3.05) is 53.5 Å². The lowest BCUT2D eigenvalue weighted by molar-refractivity contribution is -0.00805. The summed E-state index contributed by atoms with van der Waals surface area (Å²) in [5, 5.41) is 7.70. The van der Waals surface area contributed by atoms with Crippen molar-refractivity contribution in [3.63, 3.8) is 0 Å². The summed E-state index contributed by atoms with van der Waals surface area (Å²) in [6.07, 6.45) is 4.92. The van der Waals surface area contributed by atoms with Gasteiger partial charge < -0.3 is 24.6 Å². The minimum atomic E-state index is 0.00948. The molecule has 0 bridgehead atoms. The SMILES string of the molecule is CCNC(=NCc1ccc(OCCCN(C)C)cc1)N1CCOC(c2cnn(C)c2)C1. The number of aliphatic imine (C=N–C) groups is 1. The first-order valence-electron chi connectivity index (χ1n) is 11.0. The number of aromatic nitrogens is 2. The van der Waals surface area contributed by atoms with Gasteiger partial charge in [-0.15, -0.1) is 0 Å². The lowest BCUT2D eigenvalue weighted by atomic mass is 10.1. The highest BCUT2D eigenvalue weighted by Crippen LogP contribution is 2.22. The van der Waals surface area contributed by atoms with E-state index in [-0.39, 0.29) is 6.10 Å². The standard InChI is InChI=1S/C23H36N6O2/c1-5-24-23(29-12-14-31-22(18-29)20-16-26-28(4)17-20)25-15-19-7-9-21(10-8-19)30-13-6-11-27(2)3/h7-10,16-17,22H,5-6,11-15,18H2,1-4H3,(H,24,25). The number of nitrogens with zero attached hydrogens (tertiary/aromatic N) is 5. The van der Waals surface area contributed by atoms with E-state index >= 15 is 0 Å². The molecule has 0 aliphatic carbocycles. The molecule has 170 valence electrons. The minimum Gasteiger partial charge on any atom is -0.494 e. The van der Waals surface area contributed by atoms with Crippen LogP contribution in [-0.2, 0) is 18.3 Å². The number of hydrogen-bond acceptors (Lipinski definition) is 5. The van der Waals surface area contributed by atoms with Crippen LogP contribution in [0.25, 0.3) is 0 Å². The first-order valence-corrected chi connectivity index (χ1v) is 11.0. The number of nitrogens with one attached hydrogen (secondary N) is 1. The molecule has 31 heavy (non-hydrogen) atoms. The Morgan fingerprint density at radius 2 is 2.13 bits per heavy atom. The van der Waals surface area contributed by atoms with Crippen molar-refractivity contribution in [3.05, 3.63) is 47.8 Å². The van der Waals surface area contributed by atoms with E-state index in [2.05, 4.69) is 53.4 Å². The first kappa shape index (κ1) is 23.1. The molecule has 1 N–H and O–H groups in total. The Hall–Kier alpha value is -2.58. The van der Waals surface area contributed by atoms with Gasteiger partial charge in [-0.2, -0.15) is 5.10 Å². The largest absolute Gasteiger partial charge is 0.494 e. The monoisotopic (exact) mass is 428 g/mol. The molecular weight excluding hydrogens is 392 g/mol. The van der Waals surface area contributed by atoms with E-state index in [1.807, 2.05) is 36.3 Å². The molecule has 8 nitrogen and oxygen atoms in total. The van der Waals surface area contributed by atoms with Crippen LogP contribution in [0.3, 0.4) is 0 Å². The molecule has 8 heteroatoms. The molecule has 0 radical (unpaired) electrons. The number of aryl methyl sites for hydroxylation is 1. The third-order valence-corrected chi connectivity index (χ3v) is 5.15. The maximum absolute atomic E-state index is 5.97. The fraction of sp³-hybridized carbons (Fsp3) is 0.565. The van der Waals surface area contributed by atoms with Gasteiger partial charge in [-0.25, -0.2) is 4.99 Å². The average molecular weight is 429 g/mol. The van der Waals surface area contributed by atoms with Crippen LogP contribution in [0.15, 0.2) is 41.7 Å². The molecule has 3 rings (SSSR count). The zero-order chi connectivity index (χ0) is 22.1. The lowest BCUT2D eigenvalue weighted by Gasteiger charge is -2.34. The Morgan fingerprint density at radius 1 is 1.32 bits per heavy atom. The van der Waals surface area contributed by atoms with Gasteiger partial charge >= 0.3 is 0 Å². The highest BCUT2D eigenvalue weighted by molar-refractivity contribution is 5.80. The molecule has 0 spiro atoms. The summed E-state index contributed by atoms with van der Waals surface area (Å²) in [6.45, 7) is 7.56. The van der Waals surface area contributed by atoms with Gasteiger partial charge in [0.25, 0.3) is 0 Å². The molecule has 0 saturated carbocycles. The van der Waals surface area contributed by atoms with Crippen LogP contribution >= 0.6 is 0 Å². The van der Waals surface area contributed by atoms with Gasteiger partial charge in [0, 0.05) is 38.4 Å². The third kappa shape index (κ3) is 7.25. The lowest BCUT2D eigenvalue weighted by Crippen LogP contribution is -2.48. The smallest absolute Gasteiger partial charge is 0.194 e. The number of benzene rings is 1. The molecule has 1 aromatic carbocycles. The zero-order valence-electron chi connectivity index (χ0n) is 19.3. The first-order chi connectivity index (χ1) is 15.0. The summed E-state index contributed by atoms with van der Waals surface area (Å²) >= 11 is 0. The number of guanidine groups is 1. The van der Waals surface area contributed by atoms with Gasteiger partial charge in [0.1, 0.15) is 11.9 Å². The molecule has 2 heterocycles. The summed E-state index contributed by atoms with van der Waals surface area (Å²) < 4.78 is 13.6. The quantitative estimate of drug-likeness (QED) is 0.376. The summed E-state index contributed by atoms with van der Waals surface area (Å²) in [5.41, 5.74) is 2.26. The summed E-state index contributed by atoms with van der Waals surface area (Å²) in [4.78, 5) is 9.31. The summed E-state index contributed by atoms with van der Waals surface area (Å²) in [6, 6.07) is 8.24.